The first kappa shape index (κ1) is 8.62. The maximum absolute atomic E-state index is 10.9. The van der Waals surface area contributed by atoms with E-state index >= 15 is 0 Å². The van der Waals surface area contributed by atoms with Crippen LogP contribution >= 0.6 is 12.2 Å². The van der Waals surface area contributed by atoms with Crippen LogP contribution in [-0.2, 0) is 0 Å². The molecule has 0 fully saturated rings. The summed E-state index contributed by atoms with van der Waals surface area (Å²) < 4.78 is 0.223. The van der Waals surface area contributed by atoms with Crippen molar-refractivity contribution in [1.82, 2.24) is 15.4 Å². The zero-order chi connectivity index (χ0) is 9.14. The van der Waals surface area contributed by atoms with Gasteiger partial charge in [-0.15, -0.1) is 0 Å². The number of hydrogen-bond donors (Lipinski definition) is 4. The zero-order valence-electron chi connectivity index (χ0n) is 6.00. The Labute approximate surface area is 73.0 Å². The van der Waals surface area contributed by atoms with Gasteiger partial charge in [0.05, 0.1) is 5.56 Å². The van der Waals surface area contributed by atoms with E-state index in [2.05, 4.69) is 22.2 Å². The fourth-order valence-electron chi connectivity index (χ4n) is 0.666. The number of carbonyl (C=O) groups is 1. The Morgan fingerprint density at radius 2 is 2.42 bits per heavy atom. The molecular formula is C5H7N5OS. The number of nitrogens with one attached hydrogen (secondary N) is 2. The van der Waals surface area contributed by atoms with Gasteiger partial charge in [-0.05, 0) is 12.2 Å². The molecule has 1 amide bonds. The van der Waals surface area contributed by atoms with Gasteiger partial charge in [0.2, 0.25) is 0 Å². The van der Waals surface area contributed by atoms with Gasteiger partial charge >= 0.3 is 0 Å². The third-order valence-electron chi connectivity index (χ3n) is 1.22. The minimum absolute atomic E-state index is 0.151. The molecule has 0 aliphatic heterocycles. The van der Waals surface area contributed by atoms with E-state index in [9.17, 15) is 4.79 Å². The van der Waals surface area contributed by atoms with Crippen LogP contribution in [0.1, 0.15) is 10.4 Å². The number of carbonyl (C=O) groups excluding carboxylic acids is 1. The Morgan fingerprint density at radius 1 is 1.75 bits per heavy atom. The Bertz CT molecular complexity index is 359. The smallest absolute Gasteiger partial charge is 0.270 e. The minimum atomic E-state index is -0.508. The summed E-state index contributed by atoms with van der Waals surface area (Å²) in [4.78, 5) is 17.1. The summed E-state index contributed by atoms with van der Waals surface area (Å²) in [5.74, 6) is 4.53. The summed E-state index contributed by atoms with van der Waals surface area (Å²) in [6.07, 6.45) is 1.26. The normalized spacial score (nSPS) is 9.42. The average Bonchev–Trinajstić information content (AvgIpc) is 2.03. The van der Waals surface area contributed by atoms with Crippen LogP contribution in [0.3, 0.4) is 0 Å². The fourth-order valence-corrected chi connectivity index (χ4v) is 0.829. The van der Waals surface area contributed by atoms with Crippen LogP contribution in [0.25, 0.3) is 0 Å². The number of nitrogen functional groups attached to an aromatic ring is 2. The van der Waals surface area contributed by atoms with Gasteiger partial charge in [0.25, 0.3) is 5.91 Å². The molecule has 12 heavy (non-hydrogen) atoms. The maximum Gasteiger partial charge on any atom is 0.270 e. The van der Waals surface area contributed by atoms with Crippen molar-refractivity contribution in [2.24, 2.45) is 5.84 Å². The molecule has 6 N–H and O–H groups in total. The number of nitrogens with two attached hydrogens (primary N) is 2. The lowest BCUT2D eigenvalue weighted by atomic mass is 10.3. The first-order chi connectivity index (χ1) is 5.65. The summed E-state index contributed by atoms with van der Waals surface area (Å²) in [5.41, 5.74) is 7.52. The predicted octanol–water partition coefficient (Wildman–Crippen LogP) is -0.675. The van der Waals surface area contributed by atoms with E-state index in [4.69, 9.17) is 11.6 Å². The van der Waals surface area contributed by atoms with Crippen LogP contribution in [-0.4, -0.2) is 15.9 Å². The number of aromatic amines is 1. The van der Waals surface area contributed by atoms with Gasteiger partial charge in [-0.2, -0.15) is 0 Å². The number of anilines is 1. The maximum atomic E-state index is 10.9. The van der Waals surface area contributed by atoms with E-state index in [1.165, 1.54) is 6.20 Å². The second-order valence-corrected chi connectivity index (χ2v) is 2.38. The Kier molecular flexibility index (Phi) is 2.36. The van der Waals surface area contributed by atoms with E-state index in [0.717, 1.165) is 0 Å². The van der Waals surface area contributed by atoms with Crippen LogP contribution in [0.2, 0.25) is 0 Å². The van der Waals surface area contributed by atoms with E-state index in [0.29, 0.717) is 0 Å². The number of hydrogen-bond acceptors (Lipinski definition) is 5. The van der Waals surface area contributed by atoms with Gasteiger partial charge < -0.3 is 10.7 Å². The van der Waals surface area contributed by atoms with Crippen LogP contribution < -0.4 is 17.0 Å². The molecule has 0 saturated heterocycles. The highest BCUT2D eigenvalue weighted by molar-refractivity contribution is 7.71. The number of rotatable bonds is 1. The third-order valence-corrected chi connectivity index (χ3v) is 1.43. The lowest BCUT2D eigenvalue weighted by Crippen LogP contribution is -2.31. The molecule has 6 nitrogen and oxygen atoms in total. The minimum Gasteiger partial charge on any atom is -0.384 e. The van der Waals surface area contributed by atoms with Crippen molar-refractivity contribution in [3.8, 4) is 0 Å². The Balaban J connectivity index is 3.18. The lowest BCUT2D eigenvalue weighted by molar-refractivity contribution is 0.0954. The van der Waals surface area contributed by atoms with Gasteiger partial charge in [0.1, 0.15) is 5.82 Å². The third kappa shape index (κ3) is 1.57. The largest absolute Gasteiger partial charge is 0.384 e. The van der Waals surface area contributed by atoms with Gasteiger partial charge in [-0.3, -0.25) is 10.2 Å². The fraction of sp³-hybridized carbons (Fsp3) is 0. The summed E-state index contributed by atoms with van der Waals surface area (Å²) >= 11 is 4.67. The zero-order valence-corrected chi connectivity index (χ0v) is 6.81. The molecule has 1 aromatic heterocycles. The van der Waals surface area contributed by atoms with Gasteiger partial charge in [-0.1, -0.05) is 0 Å². The van der Waals surface area contributed by atoms with Crippen molar-refractivity contribution < 1.29 is 4.79 Å². The van der Waals surface area contributed by atoms with Crippen molar-refractivity contribution in [2.75, 3.05) is 5.73 Å². The van der Waals surface area contributed by atoms with E-state index in [1.807, 2.05) is 5.43 Å². The molecule has 0 atom stereocenters. The molecule has 1 rings (SSSR count). The van der Waals surface area contributed by atoms with Crippen molar-refractivity contribution in [2.45, 2.75) is 0 Å². The number of amides is 1. The molecule has 0 saturated carbocycles. The lowest BCUT2D eigenvalue weighted by Gasteiger charge is -2.01. The number of nitrogens with zero attached hydrogens (tertiary/aromatic N) is 1. The Hall–Kier alpha value is -1.47. The van der Waals surface area contributed by atoms with E-state index in [1.54, 1.807) is 0 Å². The topological polar surface area (TPSA) is 110 Å². The summed E-state index contributed by atoms with van der Waals surface area (Å²) in [6.45, 7) is 0. The van der Waals surface area contributed by atoms with E-state index in [-0.39, 0.29) is 16.2 Å². The molecule has 7 heteroatoms. The molecule has 0 aliphatic carbocycles. The SMILES string of the molecule is NNC(=O)c1cnc(=S)[nH]c1N. The van der Waals surface area contributed by atoms with Gasteiger partial charge in [0.15, 0.2) is 4.77 Å². The first-order valence-corrected chi connectivity index (χ1v) is 3.41. The molecule has 0 unspecified atom stereocenters. The second kappa shape index (κ2) is 3.28. The van der Waals surface area contributed by atoms with Crippen molar-refractivity contribution in [3.05, 3.63) is 16.5 Å². The van der Waals surface area contributed by atoms with Crippen LogP contribution in [0, 0.1) is 4.77 Å². The quantitative estimate of drug-likeness (QED) is 0.201. The average molecular weight is 185 g/mol. The molecule has 64 valence electrons. The molecule has 0 aromatic carbocycles. The van der Waals surface area contributed by atoms with Crippen molar-refractivity contribution in [1.29, 1.82) is 0 Å². The molecule has 0 bridgehead atoms. The molecule has 1 aromatic rings. The highest BCUT2D eigenvalue weighted by Gasteiger charge is 2.07. The second-order valence-electron chi connectivity index (χ2n) is 1.99. The van der Waals surface area contributed by atoms with E-state index < -0.39 is 5.91 Å². The molecular weight excluding hydrogens is 178 g/mol. The monoisotopic (exact) mass is 185 g/mol. The highest BCUT2D eigenvalue weighted by Crippen LogP contribution is 2.04. The van der Waals surface area contributed by atoms with Crippen LogP contribution in [0.15, 0.2) is 6.20 Å². The number of H-pyrrole nitrogens is 1. The summed E-state index contributed by atoms with van der Waals surface area (Å²) in [5, 5.41) is 0. The first-order valence-electron chi connectivity index (χ1n) is 3.01. The predicted molar refractivity (Wildman–Crippen MR) is 45.5 cm³/mol. The molecule has 1 heterocycles. The molecule has 0 aliphatic rings. The van der Waals surface area contributed by atoms with Gasteiger partial charge in [0, 0.05) is 6.20 Å². The number of hydrazine groups is 1. The molecule has 0 spiro atoms. The van der Waals surface area contributed by atoms with Crippen molar-refractivity contribution >= 4 is 23.9 Å². The molecule has 0 radical (unpaired) electrons. The van der Waals surface area contributed by atoms with Crippen molar-refractivity contribution in [3.63, 3.8) is 0 Å². The van der Waals surface area contributed by atoms with Gasteiger partial charge in [-0.25, -0.2) is 10.8 Å². The van der Waals surface area contributed by atoms with Crippen LogP contribution in [0.5, 0.6) is 0 Å². The van der Waals surface area contributed by atoms with Crippen LogP contribution in [0.4, 0.5) is 5.82 Å². The number of aromatic nitrogens is 2. The highest BCUT2D eigenvalue weighted by atomic mass is 32.1. The Morgan fingerprint density at radius 3 is 2.92 bits per heavy atom. The summed E-state index contributed by atoms with van der Waals surface area (Å²) in [6, 6.07) is 0. The standard InChI is InChI=1S/C5H7N5OS/c6-3-2(4(11)10-7)1-8-5(12)9-3/h1H,7H2,(H,10,11)(H3,6,8,9,12). The summed E-state index contributed by atoms with van der Waals surface area (Å²) in [7, 11) is 0.